The Bertz CT molecular complexity index is 266. The van der Waals surface area contributed by atoms with E-state index >= 15 is 0 Å². The molecule has 0 atom stereocenters. The highest BCUT2D eigenvalue weighted by Crippen LogP contribution is 2.15. The van der Waals surface area contributed by atoms with Crippen LogP contribution in [0.25, 0.3) is 0 Å². The van der Waals surface area contributed by atoms with Gasteiger partial charge in [-0.3, -0.25) is 9.69 Å². The molecule has 1 rings (SSSR count). The smallest absolute Gasteiger partial charge is 0.220 e. The highest BCUT2D eigenvalue weighted by atomic mass is 35.5. The van der Waals surface area contributed by atoms with Gasteiger partial charge in [-0.1, -0.05) is 0 Å². The van der Waals surface area contributed by atoms with Crippen LogP contribution < -0.4 is 10.6 Å². The number of nitrogens with zero attached hydrogens (tertiary/aromatic N) is 1. The molecule has 0 aromatic heterocycles. The van der Waals surface area contributed by atoms with Crippen LogP contribution in [-0.2, 0) is 9.53 Å². The van der Waals surface area contributed by atoms with Crippen LogP contribution in [0.2, 0.25) is 0 Å². The number of amides is 1. The van der Waals surface area contributed by atoms with Crippen LogP contribution in [0.4, 0.5) is 0 Å². The van der Waals surface area contributed by atoms with Gasteiger partial charge in [0.2, 0.25) is 5.91 Å². The molecule has 0 spiro atoms. The molecule has 2 N–H and O–H groups in total. The predicted octanol–water partition coefficient (Wildman–Crippen LogP) is 1.06. The summed E-state index contributed by atoms with van der Waals surface area (Å²) < 4.78 is 5.65. The first-order chi connectivity index (χ1) is 8.53. The van der Waals surface area contributed by atoms with Gasteiger partial charge >= 0.3 is 0 Å². The molecule has 0 unspecified atom stereocenters. The molecule has 0 aliphatic carbocycles. The van der Waals surface area contributed by atoms with E-state index in [4.69, 9.17) is 4.74 Å². The van der Waals surface area contributed by atoms with Gasteiger partial charge in [0, 0.05) is 32.6 Å². The zero-order valence-electron chi connectivity index (χ0n) is 12.7. The van der Waals surface area contributed by atoms with Gasteiger partial charge in [0.15, 0.2) is 0 Å². The van der Waals surface area contributed by atoms with E-state index in [1.807, 2.05) is 7.05 Å². The number of halogens is 2. The third kappa shape index (κ3) is 9.77. The first-order valence-corrected chi connectivity index (χ1v) is 6.81. The lowest BCUT2D eigenvalue weighted by molar-refractivity contribution is -0.121. The molecule has 0 aromatic carbocycles. The molecule has 1 amide bonds. The monoisotopic (exact) mass is 329 g/mol. The average molecular weight is 330 g/mol. The standard InChI is InChI=1S/C13H27N3O2.2ClH/c1-13(2)11-16(9-10-18-13)8-7-15-12(17)5-4-6-14-3;;/h14H,4-11H2,1-3H3,(H,15,17);2*1H. The maximum Gasteiger partial charge on any atom is 0.220 e. The Labute approximate surface area is 135 Å². The molecule has 5 nitrogen and oxygen atoms in total. The van der Waals surface area contributed by atoms with Crippen molar-refractivity contribution in [3.05, 3.63) is 0 Å². The quantitative estimate of drug-likeness (QED) is 0.686. The first-order valence-electron chi connectivity index (χ1n) is 6.81. The second-order valence-electron chi connectivity index (χ2n) is 5.44. The van der Waals surface area contributed by atoms with Crippen LogP contribution in [-0.4, -0.2) is 62.8 Å². The molecule has 0 aromatic rings. The topological polar surface area (TPSA) is 53.6 Å². The molecule has 0 radical (unpaired) electrons. The number of hydrogen-bond donors (Lipinski definition) is 2. The first kappa shape index (κ1) is 22.2. The second-order valence-corrected chi connectivity index (χ2v) is 5.44. The van der Waals surface area contributed by atoms with Crippen molar-refractivity contribution < 1.29 is 9.53 Å². The maximum absolute atomic E-state index is 11.5. The van der Waals surface area contributed by atoms with Crippen LogP contribution in [0.1, 0.15) is 26.7 Å². The summed E-state index contributed by atoms with van der Waals surface area (Å²) in [6.45, 7) is 9.42. The van der Waals surface area contributed by atoms with Crippen molar-refractivity contribution in [1.29, 1.82) is 0 Å². The molecule has 1 aliphatic rings. The fourth-order valence-electron chi connectivity index (χ4n) is 2.17. The molecule has 0 bridgehead atoms. The Morgan fingerprint density at radius 2 is 2.00 bits per heavy atom. The lowest BCUT2D eigenvalue weighted by Gasteiger charge is -2.38. The summed E-state index contributed by atoms with van der Waals surface area (Å²) in [4.78, 5) is 13.8. The molecular formula is C13H29Cl2N3O2. The summed E-state index contributed by atoms with van der Waals surface area (Å²) >= 11 is 0. The Kier molecular flexibility index (Phi) is 12.9. The SMILES string of the molecule is CNCCCC(=O)NCCN1CCOC(C)(C)C1.Cl.Cl. The van der Waals surface area contributed by atoms with Crippen LogP contribution in [0.5, 0.6) is 0 Å². The minimum atomic E-state index is -0.0605. The van der Waals surface area contributed by atoms with Crippen molar-refractivity contribution in [2.45, 2.75) is 32.3 Å². The summed E-state index contributed by atoms with van der Waals surface area (Å²) in [7, 11) is 1.90. The van der Waals surface area contributed by atoms with E-state index in [1.165, 1.54) is 0 Å². The number of ether oxygens (including phenoxy) is 1. The van der Waals surface area contributed by atoms with Crippen molar-refractivity contribution >= 4 is 30.7 Å². The third-order valence-corrected chi connectivity index (χ3v) is 3.09. The van der Waals surface area contributed by atoms with Crippen LogP contribution in [0, 0.1) is 0 Å². The van der Waals surface area contributed by atoms with E-state index in [-0.39, 0.29) is 36.3 Å². The van der Waals surface area contributed by atoms with E-state index in [2.05, 4.69) is 29.4 Å². The van der Waals surface area contributed by atoms with Gasteiger partial charge in [0.25, 0.3) is 0 Å². The number of carbonyl (C=O) groups is 1. The predicted molar refractivity (Wildman–Crippen MR) is 87.1 cm³/mol. The molecule has 20 heavy (non-hydrogen) atoms. The fraction of sp³-hybridized carbons (Fsp3) is 0.923. The van der Waals surface area contributed by atoms with Gasteiger partial charge < -0.3 is 15.4 Å². The van der Waals surface area contributed by atoms with E-state index in [0.29, 0.717) is 6.42 Å². The summed E-state index contributed by atoms with van der Waals surface area (Å²) in [5.74, 6) is 0.151. The lowest BCUT2D eigenvalue weighted by Crippen LogP contribution is -2.50. The maximum atomic E-state index is 11.5. The van der Waals surface area contributed by atoms with Gasteiger partial charge in [-0.25, -0.2) is 0 Å². The van der Waals surface area contributed by atoms with E-state index in [0.717, 1.165) is 45.8 Å². The number of hydrogen-bond acceptors (Lipinski definition) is 4. The molecule has 1 fully saturated rings. The largest absolute Gasteiger partial charge is 0.373 e. The summed E-state index contributed by atoms with van der Waals surface area (Å²) in [6, 6.07) is 0. The van der Waals surface area contributed by atoms with Gasteiger partial charge in [0.1, 0.15) is 0 Å². The van der Waals surface area contributed by atoms with Gasteiger partial charge in [-0.15, -0.1) is 24.8 Å². The third-order valence-electron chi connectivity index (χ3n) is 3.09. The molecule has 122 valence electrons. The van der Waals surface area contributed by atoms with Crippen LogP contribution in [0.15, 0.2) is 0 Å². The Hall–Kier alpha value is -0.0700. The van der Waals surface area contributed by atoms with Gasteiger partial charge in [-0.05, 0) is 33.9 Å². The van der Waals surface area contributed by atoms with Crippen molar-refractivity contribution in [3.63, 3.8) is 0 Å². The Balaban J connectivity index is 0. The average Bonchev–Trinajstić information content (AvgIpc) is 2.28. The minimum Gasteiger partial charge on any atom is -0.373 e. The normalized spacial score (nSPS) is 17.8. The van der Waals surface area contributed by atoms with Crippen molar-refractivity contribution in [2.24, 2.45) is 0 Å². The fourth-order valence-corrected chi connectivity index (χ4v) is 2.17. The number of nitrogens with one attached hydrogen (secondary N) is 2. The minimum absolute atomic E-state index is 0. The van der Waals surface area contributed by atoms with Gasteiger partial charge in [-0.2, -0.15) is 0 Å². The van der Waals surface area contributed by atoms with Crippen molar-refractivity contribution in [1.82, 2.24) is 15.5 Å². The number of carbonyl (C=O) groups excluding carboxylic acids is 1. The van der Waals surface area contributed by atoms with Crippen LogP contribution in [0.3, 0.4) is 0 Å². The molecule has 1 heterocycles. The second kappa shape index (κ2) is 11.6. The Morgan fingerprint density at radius 3 is 2.60 bits per heavy atom. The number of rotatable bonds is 7. The molecular weight excluding hydrogens is 301 g/mol. The van der Waals surface area contributed by atoms with E-state index < -0.39 is 0 Å². The van der Waals surface area contributed by atoms with Crippen LogP contribution >= 0.6 is 24.8 Å². The summed E-state index contributed by atoms with van der Waals surface area (Å²) in [5.41, 5.74) is -0.0605. The lowest BCUT2D eigenvalue weighted by atomic mass is 10.1. The molecule has 7 heteroatoms. The zero-order valence-corrected chi connectivity index (χ0v) is 14.4. The summed E-state index contributed by atoms with van der Waals surface area (Å²) in [6.07, 6.45) is 1.50. The highest BCUT2D eigenvalue weighted by molar-refractivity contribution is 5.85. The molecule has 1 saturated heterocycles. The van der Waals surface area contributed by atoms with Crippen molar-refractivity contribution in [2.75, 3.05) is 46.4 Å². The molecule has 0 saturated carbocycles. The zero-order chi connectivity index (χ0) is 13.4. The number of morpholine rings is 1. The van der Waals surface area contributed by atoms with E-state index in [1.54, 1.807) is 0 Å². The van der Waals surface area contributed by atoms with Gasteiger partial charge in [0.05, 0.1) is 12.2 Å². The Morgan fingerprint density at radius 1 is 1.30 bits per heavy atom. The summed E-state index contributed by atoms with van der Waals surface area (Å²) in [5, 5.41) is 6.00. The van der Waals surface area contributed by atoms with Crippen molar-refractivity contribution in [3.8, 4) is 0 Å². The highest BCUT2D eigenvalue weighted by Gasteiger charge is 2.26. The van der Waals surface area contributed by atoms with E-state index in [9.17, 15) is 4.79 Å². The molecule has 1 aliphatic heterocycles.